The van der Waals surface area contributed by atoms with Gasteiger partial charge in [-0.15, -0.1) is 0 Å². The van der Waals surface area contributed by atoms with Crippen molar-refractivity contribution in [2.75, 3.05) is 0 Å². The summed E-state index contributed by atoms with van der Waals surface area (Å²) in [7, 11) is 0. The first-order valence-electron chi connectivity index (χ1n) is 7.85. The van der Waals surface area contributed by atoms with Gasteiger partial charge in [-0.25, -0.2) is 0 Å². The fraction of sp³-hybridized carbons (Fsp3) is 0.529. The normalized spacial score (nSPS) is 14.8. The maximum atomic E-state index is 5.38. The van der Waals surface area contributed by atoms with Crippen molar-refractivity contribution in [1.82, 2.24) is 15.0 Å². The van der Waals surface area contributed by atoms with Crippen LogP contribution in [0.3, 0.4) is 0 Å². The molecule has 0 aliphatic heterocycles. The summed E-state index contributed by atoms with van der Waals surface area (Å²) in [5, 5.41) is 4.04. The minimum Gasteiger partial charge on any atom is -0.338 e. The Hall–Kier alpha value is -1.68. The lowest BCUT2D eigenvalue weighted by Gasteiger charge is -2.20. The van der Waals surface area contributed by atoms with Crippen LogP contribution in [0.1, 0.15) is 49.0 Å². The van der Waals surface area contributed by atoms with E-state index in [0.29, 0.717) is 6.04 Å². The summed E-state index contributed by atoms with van der Waals surface area (Å²) in [4.78, 5) is 6.94. The Morgan fingerprint density at radius 1 is 1.19 bits per heavy atom. The van der Waals surface area contributed by atoms with E-state index in [-0.39, 0.29) is 0 Å². The standard InChI is InChI=1S/C17H23N3O/c1-3-4-16-18-17(21-19-16)12-20(15-9-10-15)11-14-7-5-13(2)6-8-14/h5-8,15H,3-4,9-12H2,1-2H3. The molecule has 1 aliphatic rings. The topological polar surface area (TPSA) is 42.2 Å². The van der Waals surface area contributed by atoms with Crippen molar-refractivity contribution in [3.05, 3.63) is 47.1 Å². The van der Waals surface area contributed by atoms with Crippen LogP contribution in [0.2, 0.25) is 0 Å². The highest BCUT2D eigenvalue weighted by Crippen LogP contribution is 2.29. The van der Waals surface area contributed by atoms with Crippen molar-refractivity contribution in [2.45, 2.75) is 58.7 Å². The summed E-state index contributed by atoms with van der Waals surface area (Å²) >= 11 is 0. The maximum Gasteiger partial charge on any atom is 0.240 e. The number of benzene rings is 1. The van der Waals surface area contributed by atoms with E-state index in [1.165, 1.54) is 24.0 Å². The fourth-order valence-corrected chi connectivity index (χ4v) is 2.54. The fourth-order valence-electron chi connectivity index (χ4n) is 2.54. The molecule has 3 rings (SSSR count). The average molecular weight is 285 g/mol. The van der Waals surface area contributed by atoms with E-state index in [9.17, 15) is 0 Å². The van der Waals surface area contributed by atoms with E-state index in [1.54, 1.807) is 0 Å². The van der Waals surface area contributed by atoms with Gasteiger partial charge in [0.05, 0.1) is 6.54 Å². The molecule has 21 heavy (non-hydrogen) atoms. The zero-order valence-corrected chi connectivity index (χ0v) is 12.9. The minimum absolute atomic E-state index is 0.674. The van der Waals surface area contributed by atoms with Gasteiger partial charge in [-0.3, -0.25) is 4.90 Å². The molecule has 2 aromatic rings. The van der Waals surface area contributed by atoms with Crippen molar-refractivity contribution < 1.29 is 4.52 Å². The quantitative estimate of drug-likeness (QED) is 0.781. The Bertz CT molecular complexity index is 572. The zero-order chi connectivity index (χ0) is 14.7. The third-order valence-electron chi connectivity index (χ3n) is 3.89. The Balaban J connectivity index is 1.65. The summed E-state index contributed by atoms with van der Waals surface area (Å²) in [6.07, 6.45) is 4.50. The second-order valence-corrected chi connectivity index (χ2v) is 5.98. The highest BCUT2D eigenvalue weighted by molar-refractivity contribution is 5.21. The van der Waals surface area contributed by atoms with Crippen LogP contribution in [0.4, 0.5) is 0 Å². The zero-order valence-electron chi connectivity index (χ0n) is 12.9. The predicted octanol–water partition coefficient (Wildman–Crippen LogP) is 3.50. The smallest absolute Gasteiger partial charge is 0.240 e. The molecular weight excluding hydrogens is 262 g/mol. The van der Waals surface area contributed by atoms with Gasteiger partial charge < -0.3 is 4.52 Å². The molecule has 1 saturated carbocycles. The number of aryl methyl sites for hydroxylation is 2. The maximum absolute atomic E-state index is 5.38. The van der Waals surface area contributed by atoms with Gasteiger partial charge in [0.25, 0.3) is 0 Å². The lowest BCUT2D eigenvalue weighted by Crippen LogP contribution is -2.25. The molecule has 0 unspecified atom stereocenters. The van der Waals surface area contributed by atoms with Gasteiger partial charge in [-0.2, -0.15) is 4.98 Å². The van der Waals surface area contributed by atoms with E-state index < -0.39 is 0 Å². The number of nitrogens with zero attached hydrogens (tertiary/aromatic N) is 3. The lowest BCUT2D eigenvalue weighted by atomic mass is 10.1. The van der Waals surface area contributed by atoms with E-state index >= 15 is 0 Å². The molecule has 1 aliphatic carbocycles. The van der Waals surface area contributed by atoms with Crippen molar-refractivity contribution >= 4 is 0 Å². The molecule has 4 heteroatoms. The highest BCUT2D eigenvalue weighted by atomic mass is 16.5. The minimum atomic E-state index is 0.674. The summed E-state index contributed by atoms with van der Waals surface area (Å²) in [5.74, 6) is 1.58. The molecule has 1 fully saturated rings. The highest BCUT2D eigenvalue weighted by Gasteiger charge is 2.30. The molecule has 0 spiro atoms. The van der Waals surface area contributed by atoms with Crippen LogP contribution in [-0.2, 0) is 19.5 Å². The van der Waals surface area contributed by atoms with Crippen LogP contribution in [0.5, 0.6) is 0 Å². The summed E-state index contributed by atoms with van der Waals surface area (Å²) < 4.78 is 5.38. The van der Waals surface area contributed by atoms with E-state index in [1.807, 2.05) is 0 Å². The third kappa shape index (κ3) is 3.91. The Labute approximate surface area is 126 Å². The summed E-state index contributed by atoms with van der Waals surface area (Å²) in [6.45, 7) is 5.96. The molecule has 112 valence electrons. The molecule has 0 bridgehead atoms. The van der Waals surface area contributed by atoms with Gasteiger partial charge in [-0.1, -0.05) is 41.9 Å². The molecular formula is C17H23N3O. The van der Waals surface area contributed by atoms with E-state index in [0.717, 1.165) is 37.6 Å². The first kappa shape index (κ1) is 14.3. The lowest BCUT2D eigenvalue weighted by molar-refractivity contribution is 0.209. The second-order valence-electron chi connectivity index (χ2n) is 5.98. The van der Waals surface area contributed by atoms with Gasteiger partial charge >= 0.3 is 0 Å². The number of rotatable bonds is 7. The van der Waals surface area contributed by atoms with Crippen LogP contribution in [-0.4, -0.2) is 21.1 Å². The van der Waals surface area contributed by atoms with Crippen molar-refractivity contribution in [1.29, 1.82) is 0 Å². The molecule has 0 radical (unpaired) electrons. The molecule has 1 aromatic carbocycles. The summed E-state index contributed by atoms with van der Waals surface area (Å²) in [6, 6.07) is 9.44. The molecule has 0 atom stereocenters. The Morgan fingerprint density at radius 2 is 1.95 bits per heavy atom. The first-order valence-corrected chi connectivity index (χ1v) is 7.85. The van der Waals surface area contributed by atoms with Crippen molar-refractivity contribution in [3.8, 4) is 0 Å². The molecule has 4 nitrogen and oxygen atoms in total. The summed E-state index contributed by atoms with van der Waals surface area (Å²) in [5.41, 5.74) is 2.65. The average Bonchev–Trinajstić information content (AvgIpc) is 3.23. The van der Waals surface area contributed by atoms with Crippen molar-refractivity contribution in [2.24, 2.45) is 0 Å². The molecule has 1 heterocycles. The number of aromatic nitrogens is 2. The second kappa shape index (κ2) is 6.39. The Morgan fingerprint density at radius 3 is 2.62 bits per heavy atom. The van der Waals surface area contributed by atoms with Gasteiger partial charge in [0, 0.05) is 19.0 Å². The largest absolute Gasteiger partial charge is 0.338 e. The molecule has 1 aromatic heterocycles. The molecule has 0 N–H and O–H groups in total. The predicted molar refractivity (Wildman–Crippen MR) is 81.7 cm³/mol. The Kier molecular flexibility index (Phi) is 4.34. The van der Waals surface area contributed by atoms with E-state index in [2.05, 4.69) is 53.2 Å². The van der Waals surface area contributed by atoms with Crippen LogP contribution in [0.25, 0.3) is 0 Å². The van der Waals surface area contributed by atoms with Gasteiger partial charge in [0.1, 0.15) is 0 Å². The third-order valence-corrected chi connectivity index (χ3v) is 3.89. The van der Waals surface area contributed by atoms with E-state index in [4.69, 9.17) is 4.52 Å². The molecule has 0 amide bonds. The van der Waals surface area contributed by atoms with Crippen LogP contribution in [0.15, 0.2) is 28.8 Å². The molecule has 0 saturated heterocycles. The number of hydrogen-bond donors (Lipinski definition) is 0. The monoisotopic (exact) mass is 285 g/mol. The van der Waals surface area contributed by atoms with Gasteiger partial charge in [0.15, 0.2) is 5.82 Å². The van der Waals surface area contributed by atoms with Crippen LogP contribution < -0.4 is 0 Å². The van der Waals surface area contributed by atoms with Crippen LogP contribution in [0, 0.1) is 6.92 Å². The van der Waals surface area contributed by atoms with Crippen molar-refractivity contribution in [3.63, 3.8) is 0 Å². The van der Waals surface area contributed by atoms with Gasteiger partial charge in [0.2, 0.25) is 5.89 Å². The first-order chi connectivity index (χ1) is 10.2. The van der Waals surface area contributed by atoms with Gasteiger partial charge in [-0.05, 0) is 31.7 Å². The van der Waals surface area contributed by atoms with Crippen LogP contribution >= 0.6 is 0 Å². The SMILES string of the molecule is CCCc1noc(CN(Cc2ccc(C)cc2)C2CC2)n1. The number of hydrogen-bond acceptors (Lipinski definition) is 4.